The van der Waals surface area contributed by atoms with Crippen molar-refractivity contribution in [2.24, 2.45) is 0 Å². The van der Waals surface area contributed by atoms with Crippen LogP contribution in [-0.4, -0.2) is 40.9 Å². The molecule has 4 heteroatoms. The minimum atomic E-state index is -0.416. The van der Waals surface area contributed by atoms with Gasteiger partial charge in [0.1, 0.15) is 5.60 Å². The van der Waals surface area contributed by atoms with E-state index in [1.165, 1.54) is 0 Å². The number of rotatable bonds is 5. The van der Waals surface area contributed by atoms with Crippen molar-refractivity contribution < 1.29 is 14.6 Å². The molecule has 1 N–H and O–H groups in total. The first kappa shape index (κ1) is 15.3. The summed E-state index contributed by atoms with van der Waals surface area (Å²) in [6.07, 6.45) is 5.98. The zero-order chi connectivity index (χ0) is 13.6. The normalized spacial score (nSPS) is 20.2. The van der Waals surface area contributed by atoms with Gasteiger partial charge in [0.15, 0.2) is 0 Å². The number of aliphatic hydroxyl groups excluding tert-OH is 1. The summed E-state index contributed by atoms with van der Waals surface area (Å²) in [5.74, 6) is 0. The second-order valence-corrected chi connectivity index (χ2v) is 6.04. The van der Waals surface area contributed by atoms with Crippen LogP contribution in [0.5, 0.6) is 0 Å². The van der Waals surface area contributed by atoms with E-state index in [9.17, 15) is 4.79 Å². The molecule has 0 saturated carbocycles. The van der Waals surface area contributed by atoms with E-state index < -0.39 is 5.60 Å². The second kappa shape index (κ2) is 6.98. The van der Waals surface area contributed by atoms with Crippen molar-refractivity contribution in [3.05, 3.63) is 0 Å². The molecular weight excluding hydrogens is 230 g/mol. The highest BCUT2D eigenvalue weighted by molar-refractivity contribution is 5.68. The van der Waals surface area contributed by atoms with Crippen LogP contribution < -0.4 is 0 Å². The minimum absolute atomic E-state index is 0.174. The van der Waals surface area contributed by atoms with Crippen LogP contribution in [0.2, 0.25) is 0 Å². The fraction of sp³-hybridized carbons (Fsp3) is 0.929. The Hall–Kier alpha value is -0.770. The molecule has 4 nitrogen and oxygen atoms in total. The van der Waals surface area contributed by atoms with E-state index in [1.54, 1.807) is 0 Å². The van der Waals surface area contributed by atoms with Crippen molar-refractivity contribution >= 4 is 6.09 Å². The molecule has 1 aliphatic rings. The zero-order valence-corrected chi connectivity index (χ0v) is 11.9. The Labute approximate surface area is 110 Å². The molecule has 1 rings (SSSR count). The maximum Gasteiger partial charge on any atom is 0.410 e. The molecule has 0 radical (unpaired) electrons. The van der Waals surface area contributed by atoms with Gasteiger partial charge in [-0.2, -0.15) is 0 Å². The molecule has 0 spiro atoms. The molecule has 0 aromatic carbocycles. The lowest BCUT2D eigenvalue weighted by Crippen LogP contribution is -2.39. The monoisotopic (exact) mass is 257 g/mol. The van der Waals surface area contributed by atoms with E-state index >= 15 is 0 Å². The van der Waals surface area contributed by atoms with E-state index in [1.807, 2.05) is 25.7 Å². The van der Waals surface area contributed by atoms with Crippen LogP contribution in [0.15, 0.2) is 0 Å². The molecule has 0 unspecified atom stereocenters. The predicted molar refractivity (Wildman–Crippen MR) is 71.5 cm³/mol. The lowest BCUT2D eigenvalue weighted by atomic mass is 10.1. The Morgan fingerprint density at radius 1 is 1.33 bits per heavy atom. The van der Waals surface area contributed by atoms with Gasteiger partial charge in [-0.3, -0.25) is 0 Å². The fourth-order valence-electron chi connectivity index (χ4n) is 2.37. The molecule has 0 aliphatic carbocycles. The van der Waals surface area contributed by atoms with Crippen molar-refractivity contribution in [2.45, 2.75) is 70.9 Å². The van der Waals surface area contributed by atoms with Crippen LogP contribution >= 0.6 is 0 Å². The molecule has 1 saturated heterocycles. The summed E-state index contributed by atoms with van der Waals surface area (Å²) in [5, 5.41) is 8.74. The van der Waals surface area contributed by atoms with Crippen molar-refractivity contribution in [3.63, 3.8) is 0 Å². The molecule has 1 fully saturated rings. The Morgan fingerprint density at radius 3 is 2.67 bits per heavy atom. The minimum Gasteiger partial charge on any atom is -0.444 e. The molecule has 1 atom stereocenters. The Balaban J connectivity index is 2.36. The molecule has 0 bridgehead atoms. The lowest BCUT2D eigenvalue weighted by Gasteiger charge is -2.28. The highest BCUT2D eigenvalue weighted by atomic mass is 16.6. The topological polar surface area (TPSA) is 49.8 Å². The summed E-state index contributed by atoms with van der Waals surface area (Å²) in [6, 6.07) is 0.332. The van der Waals surface area contributed by atoms with E-state index in [2.05, 4.69) is 0 Å². The molecule has 1 amide bonds. The van der Waals surface area contributed by atoms with E-state index in [0.717, 1.165) is 45.1 Å². The lowest BCUT2D eigenvalue weighted by molar-refractivity contribution is 0.0218. The molecule has 0 aromatic heterocycles. The van der Waals surface area contributed by atoms with Crippen molar-refractivity contribution in [1.29, 1.82) is 0 Å². The van der Waals surface area contributed by atoms with Gasteiger partial charge in [0, 0.05) is 19.2 Å². The summed E-state index contributed by atoms with van der Waals surface area (Å²) in [4.78, 5) is 13.9. The van der Waals surface area contributed by atoms with Gasteiger partial charge in [0.25, 0.3) is 0 Å². The van der Waals surface area contributed by atoms with E-state index in [-0.39, 0.29) is 12.7 Å². The molecular formula is C14H27NO3. The van der Waals surface area contributed by atoms with Crippen molar-refractivity contribution in [1.82, 2.24) is 4.90 Å². The van der Waals surface area contributed by atoms with Crippen LogP contribution in [0.4, 0.5) is 4.79 Å². The first-order valence-electron chi connectivity index (χ1n) is 7.04. The molecule has 1 heterocycles. The molecule has 1 aliphatic heterocycles. The standard InChI is InChI=1S/C14H27NO3/c1-14(2,3)18-13(17)15-10-7-9-12(15)8-5-4-6-11-16/h12,16H,4-11H2,1-3H3/t12-/m0/s1. The number of hydrogen-bond acceptors (Lipinski definition) is 3. The third kappa shape index (κ3) is 5.25. The van der Waals surface area contributed by atoms with Crippen LogP contribution in [0.1, 0.15) is 59.3 Å². The van der Waals surface area contributed by atoms with Gasteiger partial charge in [0.2, 0.25) is 0 Å². The maximum absolute atomic E-state index is 12.0. The predicted octanol–water partition coefficient (Wildman–Crippen LogP) is 2.94. The quantitative estimate of drug-likeness (QED) is 0.770. The van der Waals surface area contributed by atoms with Gasteiger partial charge < -0.3 is 14.7 Å². The number of likely N-dealkylation sites (tertiary alicyclic amines) is 1. The number of ether oxygens (including phenoxy) is 1. The largest absolute Gasteiger partial charge is 0.444 e. The van der Waals surface area contributed by atoms with Crippen LogP contribution in [0, 0.1) is 0 Å². The Morgan fingerprint density at radius 2 is 2.06 bits per heavy atom. The number of aliphatic hydroxyl groups is 1. The van der Waals surface area contributed by atoms with Crippen LogP contribution in [-0.2, 0) is 4.74 Å². The number of carbonyl (C=O) groups excluding carboxylic acids is 1. The van der Waals surface area contributed by atoms with Gasteiger partial charge in [-0.05, 0) is 46.5 Å². The summed E-state index contributed by atoms with van der Waals surface area (Å²) in [6.45, 7) is 6.78. The van der Waals surface area contributed by atoms with Gasteiger partial charge in [-0.1, -0.05) is 12.8 Å². The fourth-order valence-corrected chi connectivity index (χ4v) is 2.37. The molecule has 106 valence electrons. The third-order valence-electron chi connectivity index (χ3n) is 3.20. The maximum atomic E-state index is 12.0. The molecule has 18 heavy (non-hydrogen) atoms. The SMILES string of the molecule is CC(C)(C)OC(=O)N1CCC[C@@H]1CCCCCO. The van der Waals surface area contributed by atoms with Gasteiger partial charge in [-0.25, -0.2) is 4.79 Å². The second-order valence-electron chi connectivity index (χ2n) is 6.04. The number of nitrogens with zero attached hydrogens (tertiary/aromatic N) is 1. The molecule has 0 aromatic rings. The Kier molecular flexibility index (Phi) is 5.93. The smallest absolute Gasteiger partial charge is 0.410 e. The Bertz CT molecular complexity index is 260. The highest BCUT2D eigenvalue weighted by Crippen LogP contribution is 2.24. The number of unbranched alkanes of at least 4 members (excludes halogenated alkanes) is 2. The van der Waals surface area contributed by atoms with Gasteiger partial charge >= 0.3 is 6.09 Å². The summed E-state index contributed by atoms with van der Waals surface area (Å²) in [7, 11) is 0. The van der Waals surface area contributed by atoms with E-state index in [0.29, 0.717) is 6.04 Å². The summed E-state index contributed by atoms with van der Waals surface area (Å²) in [5.41, 5.74) is -0.416. The highest BCUT2D eigenvalue weighted by Gasteiger charge is 2.31. The average Bonchev–Trinajstić information content (AvgIpc) is 2.70. The number of carbonyl (C=O) groups is 1. The van der Waals surface area contributed by atoms with E-state index in [4.69, 9.17) is 9.84 Å². The van der Waals surface area contributed by atoms with Crippen molar-refractivity contribution in [3.8, 4) is 0 Å². The third-order valence-corrected chi connectivity index (χ3v) is 3.20. The first-order chi connectivity index (χ1) is 8.44. The summed E-state index contributed by atoms with van der Waals surface area (Å²) < 4.78 is 5.43. The zero-order valence-electron chi connectivity index (χ0n) is 11.9. The number of amides is 1. The van der Waals surface area contributed by atoms with Gasteiger partial charge in [-0.15, -0.1) is 0 Å². The summed E-state index contributed by atoms with van der Waals surface area (Å²) >= 11 is 0. The van der Waals surface area contributed by atoms with Crippen LogP contribution in [0.3, 0.4) is 0 Å². The van der Waals surface area contributed by atoms with Gasteiger partial charge in [0.05, 0.1) is 0 Å². The van der Waals surface area contributed by atoms with Crippen molar-refractivity contribution in [2.75, 3.05) is 13.2 Å². The first-order valence-corrected chi connectivity index (χ1v) is 7.04. The van der Waals surface area contributed by atoms with Crippen LogP contribution in [0.25, 0.3) is 0 Å². The number of hydrogen-bond donors (Lipinski definition) is 1. The average molecular weight is 257 g/mol.